The van der Waals surface area contributed by atoms with Crippen LogP contribution in [0.4, 0.5) is 13.2 Å². The summed E-state index contributed by atoms with van der Waals surface area (Å²) >= 11 is 3.12. The van der Waals surface area contributed by atoms with Gasteiger partial charge in [-0.2, -0.15) is 13.2 Å². The Morgan fingerprint density at radius 1 is 1.24 bits per heavy atom. The Morgan fingerprint density at radius 2 is 1.90 bits per heavy atom. The minimum atomic E-state index is -4.30. The molecule has 1 atom stereocenters. The highest BCUT2D eigenvalue weighted by Gasteiger charge is 2.36. The van der Waals surface area contributed by atoms with Gasteiger partial charge in [-0.1, -0.05) is 42.8 Å². The first-order chi connectivity index (χ1) is 9.57. The summed E-state index contributed by atoms with van der Waals surface area (Å²) in [6, 6.07) is 4.44. The number of hydrogen-bond acceptors (Lipinski definition) is 1. The molecule has 1 aliphatic rings. The third-order valence-corrected chi connectivity index (χ3v) is 4.76. The second kappa shape index (κ2) is 5.92. The summed E-state index contributed by atoms with van der Waals surface area (Å²) in [7, 11) is 0. The van der Waals surface area contributed by atoms with Gasteiger partial charge in [-0.15, -0.1) is 0 Å². The van der Waals surface area contributed by atoms with E-state index in [9.17, 15) is 13.2 Å². The molecule has 0 N–H and O–H groups in total. The Balaban J connectivity index is 2.15. The molecule has 21 heavy (non-hydrogen) atoms. The highest BCUT2D eigenvalue weighted by molar-refractivity contribution is 9.10. The third kappa shape index (κ3) is 4.22. The van der Waals surface area contributed by atoms with Crippen molar-refractivity contribution >= 4 is 15.9 Å². The van der Waals surface area contributed by atoms with Crippen molar-refractivity contribution in [3.63, 3.8) is 0 Å². The Kier molecular flexibility index (Phi) is 4.74. The molecule has 1 fully saturated rings. The van der Waals surface area contributed by atoms with Gasteiger partial charge in [0, 0.05) is 17.6 Å². The van der Waals surface area contributed by atoms with Gasteiger partial charge in [0.1, 0.15) is 0 Å². The fourth-order valence-corrected chi connectivity index (χ4v) is 3.24. The molecule has 0 aromatic heterocycles. The molecule has 2 rings (SSSR count). The largest absolute Gasteiger partial charge is 0.416 e. The Morgan fingerprint density at radius 3 is 2.43 bits per heavy atom. The van der Waals surface area contributed by atoms with E-state index in [1.54, 1.807) is 12.1 Å². The lowest BCUT2D eigenvalue weighted by molar-refractivity contribution is -0.138. The zero-order chi connectivity index (χ0) is 15.8. The van der Waals surface area contributed by atoms with Crippen molar-refractivity contribution in [2.24, 2.45) is 11.3 Å². The smallest absolute Gasteiger partial charge is 0.299 e. The second-order valence-corrected chi connectivity index (χ2v) is 7.80. The van der Waals surface area contributed by atoms with Gasteiger partial charge in [-0.3, -0.25) is 4.90 Å². The van der Waals surface area contributed by atoms with Crippen LogP contribution in [0.1, 0.15) is 38.3 Å². The first-order valence-electron chi connectivity index (χ1n) is 7.15. The van der Waals surface area contributed by atoms with Crippen LogP contribution in [-0.2, 0) is 12.7 Å². The summed E-state index contributed by atoms with van der Waals surface area (Å²) in [4.78, 5) is 2.13. The maximum absolute atomic E-state index is 13.1. The van der Waals surface area contributed by atoms with Crippen molar-refractivity contribution < 1.29 is 13.2 Å². The maximum atomic E-state index is 13.1. The van der Waals surface area contributed by atoms with Crippen LogP contribution in [0.5, 0.6) is 0 Å². The molecule has 1 aromatic carbocycles. The van der Waals surface area contributed by atoms with E-state index in [0.717, 1.165) is 19.5 Å². The minimum absolute atomic E-state index is 0.210. The number of halogens is 4. The molecule has 5 heteroatoms. The fraction of sp³-hybridized carbons (Fsp3) is 0.625. The normalized spacial score (nSPS) is 21.0. The number of benzene rings is 1. The van der Waals surface area contributed by atoms with Gasteiger partial charge in [0.2, 0.25) is 0 Å². The molecule has 0 aliphatic carbocycles. The molecule has 1 saturated heterocycles. The van der Waals surface area contributed by atoms with Crippen LogP contribution in [0.2, 0.25) is 0 Å². The van der Waals surface area contributed by atoms with E-state index in [-0.39, 0.29) is 5.41 Å². The summed E-state index contributed by atoms with van der Waals surface area (Å²) in [5.74, 6) is 0.544. The van der Waals surface area contributed by atoms with E-state index < -0.39 is 11.7 Å². The average molecular weight is 364 g/mol. The van der Waals surface area contributed by atoms with E-state index in [1.165, 1.54) is 6.07 Å². The molecular formula is C16H21BrF3N. The van der Waals surface area contributed by atoms with Gasteiger partial charge in [0.25, 0.3) is 0 Å². The maximum Gasteiger partial charge on any atom is 0.416 e. The van der Waals surface area contributed by atoms with Crippen molar-refractivity contribution in [3.05, 3.63) is 33.8 Å². The van der Waals surface area contributed by atoms with Gasteiger partial charge in [-0.05, 0) is 42.0 Å². The predicted octanol–water partition coefficient (Wildman–Crippen LogP) is 5.34. The van der Waals surface area contributed by atoms with Crippen LogP contribution < -0.4 is 0 Å². The first kappa shape index (κ1) is 16.8. The number of rotatable bonds is 2. The van der Waals surface area contributed by atoms with Crippen molar-refractivity contribution in [1.82, 2.24) is 4.90 Å². The molecule has 1 heterocycles. The van der Waals surface area contributed by atoms with Gasteiger partial charge in [-0.25, -0.2) is 0 Å². The van der Waals surface area contributed by atoms with E-state index in [2.05, 4.69) is 41.6 Å². The molecule has 0 amide bonds. The van der Waals surface area contributed by atoms with E-state index in [4.69, 9.17) is 0 Å². The molecule has 0 radical (unpaired) electrons. The van der Waals surface area contributed by atoms with Gasteiger partial charge >= 0.3 is 6.18 Å². The highest BCUT2D eigenvalue weighted by Crippen LogP contribution is 2.37. The second-order valence-electron chi connectivity index (χ2n) is 6.89. The molecule has 0 saturated carbocycles. The quantitative estimate of drug-likeness (QED) is 0.685. The Labute approximate surface area is 132 Å². The standard InChI is InChI=1S/C16H21BrF3N/c1-15(2,3)12-6-7-21(10-12)9-11-4-5-13(17)8-14(11)16(18,19)20/h4-5,8,12H,6-7,9-10H2,1-3H3. The Hall–Kier alpha value is -0.550. The van der Waals surface area contributed by atoms with Crippen molar-refractivity contribution in [2.45, 2.75) is 39.9 Å². The SMILES string of the molecule is CC(C)(C)C1CCN(Cc2ccc(Br)cc2C(F)(F)F)C1. The molecule has 1 aliphatic heterocycles. The van der Waals surface area contributed by atoms with Crippen molar-refractivity contribution in [3.8, 4) is 0 Å². The van der Waals surface area contributed by atoms with Gasteiger partial charge in [0.15, 0.2) is 0 Å². The highest BCUT2D eigenvalue weighted by atomic mass is 79.9. The van der Waals surface area contributed by atoms with Crippen LogP contribution in [-0.4, -0.2) is 18.0 Å². The zero-order valence-electron chi connectivity index (χ0n) is 12.6. The average Bonchev–Trinajstić information content (AvgIpc) is 2.78. The van der Waals surface area contributed by atoms with Crippen molar-refractivity contribution in [1.29, 1.82) is 0 Å². The van der Waals surface area contributed by atoms with E-state index in [1.807, 2.05) is 0 Å². The van der Waals surface area contributed by atoms with Crippen LogP contribution >= 0.6 is 15.9 Å². The fourth-order valence-electron chi connectivity index (χ4n) is 2.87. The number of alkyl halides is 3. The van der Waals surface area contributed by atoms with Crippen molar-refractivity contribution in [2.75, 3.05) is 13.1 Å². The summed E-state index contributed by atoms with van der Waals surface area (Å²) in [6.07, 6.45) is -3.25. The number of nitrogens with zero attached hydrogens (tertiary/aromatic N) is 1. The first-order valence-corrected chi connectivity index (χ1v) is 7.94. The third-order valence-electron chi connectivity index (χ3n) is 4.27. The summed E-state index contributed by atoms with van der Waals surface area (Å²) in [6.45, 7) is 8.70. The molecule has 0 bridgehead atoms. The van der Waals surface area contributed by atoms with Crippen LogP contribution in [0.3, 0.4) is 0 Å². The minimum Gasteiger partial charge on any atom is -0.299 e. The predicted molar refractivity (Wildman–Crippen MR) is 82.0 cm³/mol. The van der Waals surface area contributed by atoms with Gasteiger partial charge in [0.05, 0.1) is 5.56 Å². The molecule has 1 nitrogen and oxygen atoms in total. The molecular weight excluding hydrogens is 343 g/mol. The molecule has 118 valence electrons. The van der Waals surface area contributed by atoms with Crippen LogP contribution in [0.25, 0.3) is 0 Å². The Bertz CT molecular complexity index is 505. The molecule has 1 unspecified atom stereocenters. The monoisotopic (exact) mass is 363 g/mol. The van der Waals surface area contributed by atoms with Gasteiger partial charge < -0.3 is 0 Å². The van der Waals surface area contributed by atoms with E-state index >= 15 is 0 Å². The number of hydrogen-bond donors (Lipinski definition) is 0. The zero-order valence-corrected chi connectivity index (χ0v) is 14.2. The summed E-state index contributed by atoms with van der Waals surface area (Å²) < 4.78 is 39.9. The molecule has 0 spiro atoms. The lowest BCUT2D eigenvalue weighted by Gasteiger charge is -2.27. The summed E-state index contributed by atoms with van der Waals surface area (Å²) in [5.41, 5.74) is 0.0396. The van der Waals surface area contributed by atoms with E-state index in [0.29, 0.717) is 22.5 Å². The lowest BCUT2D eigenvalue weighted by Crippen LogP contribution is -2.26. The van der Waals surface area contributed by atoms with Crippen LogP contribution in [0, 0.1) is 11.3 Å². The topological polar surface area (TPSA) is 3.24 Å². The summed E-state index contributed by atoms with van der Waals surface area (Å²) in [5, 5.41) is 0. The van der Waals surface area contributed by atoms with Crippen LogP contribution in [0.15, 0.2) is 22.7 Å². The lowest BCUT2D eigenvalue weighted by atomic mass is 9.80. The number of likely N-dealkylation sites (tertiary alicyclic amines) is 1. The molecule has 1 aromatic rings.